The molecule has 0 aliphatic heterocycles. The Kier molecular flexibility index (Phi) is 7.07. The zero-order valence-corrected chi connectivity index (χ0v) is 24.9. The molecule has 0 atom stereocenters. The smallest absolute Gasteiger partial charge is 0.160 e. The van der Waals surface area contributed by atoms with Gasteiger partial charge in [0, 0.05) is 29.1 Å². The lowest BCUT2D eigenvalue weighted by Crippen LogP contribution is -1.96. The predicted octanol–water partition coefficient (Wildman–Crippen LogP) is 10.6. The van der Waals surface area contributed by atoms with Crippen LogP contribution in [0.25, 0.3) is 78.1 Å². The topological polar surface area (TPSA) is 38.7 Å². The minimum atomic E-state index is 0.674. The summed E-state index contributed by atoms with van der Waals surface area (Å²) in [6, 6.07) is 58.6. The maximum Gasteiger partial charge on any atom is 0.160 e. The summed E-state index contributed by atoms with van der Waals surface area (Å²) >= 11 is 0. The minimum Gasteiger partial charge on any atom is -0.264 e. The number of nitrogens with zero attached hydrogens (tertiary/aromatic N) is 3. The lowest BCUT2D eigenvalue weighted by molar-refractivity contribution is 1.18. The SMILES string of the molecule is c1ccc(-c2cccc(-c3nc(-c4ccc(-c5cccnc5)cc4)cc(-c4cccc(-c5ccc6ccccc6c5)c4)n3)c2)cc#1. The first kappa shape index (κ1) is 27.2. The maximum absolute atomic E-state index is 5.15. The van der Waals surface area contributed by atoms with Crippen molar-refractivity contribution in [2.24, 2.45) is 0 Å². The van der Waals surface area contributed by atoms with Crippen molar-refractivity contribution in [2.75, 3.05) is 0 Å². The fourth-order valence-corrected chi connectivity index (χ4v) is 5.83. The van der Waals surface area contributed by atoms with Gasteiger partial charge in [-0.25, -0.2) is 9.97 Å². The molecule has 0 spiro atoms. The molecule has 0 aliphatic rings. The Morgan fingerprint density at radius 2 is 1.04 bits per heavy atom. The van der Waals surface area contributed by atoms with Gasteiger partial charge in [0.2, 0.25) is 0 Å². The van der Waals surface area contributed by atoms with Crippen molar-refractivity contribution in [3.05, 3.63) is 176 Å². The number of fused-ring (bicyclic) bond motifs is 1. The van der Waals surface area contributed by atoms with Crippen LogP contribution in [0.5, 0.6) is 0 Å². The van der Waals surface area contributed by atoms with Crippen molar-refractivity contribution in [1.29, 1.82) is 0 Å². The largest absolute Gasteiger partial charge is 0.264 e. The van der Waals surface area contributed by atoms with Crippen molar-refractivity contribution in [3.63, 3.8) is 0 Å². The van der Waals surface area contributed by atoms with E-state index in [1.54, 1.807) is 6.20 Å². The summed E-state index contributed by atoms with van der Waals surface area (Å²) in [5, 5.41) is 2.45. The fraction of sp³-hybridized carbons (Fsp3) is 0. The Morgan fingerprint density at radius 1 is 0.391 bits per heavy atom. The van der Waals surface area contributed by atoms with Crippen molar-refractivity contribution in [2.45, 2.75) is 0 Å². The summed E-state index contributed by atoms with van der Waals surface area (Å²) in [5.74, 6) is 0.674. The van der Waals surface area contributed by atoms with Crippen LogP contribution >= 0.6 is 0 Å². The molecule has 46 heavy (non-hydrogen) atoms. The Bertz CT molecular complexity index is 2290. The molecular weight excluding hydrogens is 558 g/mol. The third kappa shape index (κ3) is 5.52. The minimum absolute atomic E-state index is 0.674. The van der Waals surface area contributed by atoms with E-state index in [0.717, 1.165) is 55.9 Å². The zero-order chi connectivity index (χ0) is 30.7. The van der Waals surface area contributed by atoms with Crippen molar-refractivity contribution in [1.82, 2.24) is 15.0 Å². The van der Waals surface area contributed by atoms with E-state index in [0.29, 0.717) is 5.82 Å². The molecular formula is C43H27N3. The Balaban J connectivity index is 1.24. The predicted molar refractivity (Wildman–Crippen MR) is 188 cm³/mol. The van der Waals surface area contributed by atoms with Crippen LogP contribution in [0, 0.1) is 12.1 Å². The molecule has 3 nitrogen and oxygen atoms in total. The molecule has 0 aliphatic carbocycles. The first-order chi connectivity index (χ1) is 22.8. The van der Waals surface area contributed by atoms with Crippen molar-refractivity contribution >= 4 is 10.8 Å². The summed E-state index contributed by atoms with van der Waals surface area (Å²) in [5.41, 5.74) is 11.4. The number of hydrogen-bond acceptors (Lipinski definition) is 3. The van der Waals surface area contributed by atoms with E-state index in [2.05, 4.69) is 145 Å². The summed E-state index contributed by atoms with van der Waals surface area (Å²) < 4.78 is 0. The number of aromatic nitrogens is 3. The Morgan fingerprint density at radius 3 is 1.83 bits per heavy atom. The van der Waals surface area contributed by atoms with E-state index in [1.165, 1.54) is 16.3 Å². The van der Waals surface area contributed by atoms with Crippen LogP contribution in [-0.2, 0) is 0 Å². The molecule has 214 valence electrons. The molecule has 6 aromatic carbocycles. The molecule has 0 amide bonds. The highest BCUT2D eigenvalue weighted by Crippen LogP contribution is 2.33. The third-order valence-electron chi connectivity index (χ3n) is 8.25. The van der Waals surface area contributed by atoms with E-state index in [4.69, 9.17) is 9.97 Å². The monoisotopic (exact) mass is 585 g/mol. The lowest BCUT2D eigenvalue weighted by Gasteiger charge is -2.12. The number of hydrogen-bond donors (Lipinski definition) is 0. The van der Waals surface area contributed by atoms with Crippen LogP contribution in [0.3, 0.4) is 0 Å². The van der Waals surface area contributed by atoms with Crippen LogP contribution in [0.2, 0.25) is 0 Å². The average Bonchev–Trinajstić information content (AvgIpc) is 3.15. The summed E-state index contributed by atoms with van der Waals surface area (Å²) in [7, 11) is 0. The van der Waals surface area contributed by atoms with Crippen LogP contribution in [0.15, 0.2) is 164 Å². The van der Waals surface area contributed by atoms with Crippen molar-refractivity contribution in [3.8, 4) is 67.3 Å². The highest BCUT2D eigenvalue weighted by atomic mass is 14.9. The van der Waals surface area contributed by atoms with Gasteiger partial charge in [0.15, 0.2) is 5.82 Å². The fourth-order valence-electron chi connectivity index (χ4n) is 5.83. The molecule has 0 saturated carbocycles. The summed E-state index contributed by atoms with van der Waals surface area (Å²) in [6.07, 6.45) is 3.67. The third-order valence-corrected chi connectivity index (χ3v) is 8.25. The highest BCUT2D eigenvalue weighted by molar-refractivity contribution is 5.88. The van der Waals surface area contributed by atoms with Gasteiger partial charge >= 0.3 is 0 Å². The van der Waals surface area contributed by atoms with E-state index in [9.17, 15) is 0 Å². The Hall–Kier alpha value is -6.37. The number of benzene rings is 5. The molecule has 2 aromatic heterocycles. The summed E-state index contributed by atoms with van der Waals surface area (Å²) in [6.45, 7) is 0. The molecule has 3 heteroatoms. The lowest BCUT2D eigenvalue weighted by atomic mass is 9.98. The van der Waals surface area contributed by atoms with Gasteiger partial charge in [-0.05, 0) is 92.7 Å². The van der Waals surface area contributed by atoms with Gasteiger partial charge < -0.3 is 0 Å². The summed E-state index contributed by atoms with van der Waals surface area (Å²) in [4.78, 5) is 14.5. The average molecular weight is 586 g/mol. The second kappa shape index (κ2) is 12.0. The van der Waals surface area contributed by atoms with Gasteiger partial charge in [0.25, 0.3) is 0 Å². The molecule has 2 heterocycles. The van der Waals surface area contributed by atoms with Crippen molar-refractivity contribution < 1.29 is 0 Å². The molecule has 0 radical (unpaired) electrons. The van der Waals surface area contributed by atoms with E-state index in [-0.39, 0.29) is 0 Å². The Labute approximate surface area is 268 Å². The first-order valence-corrected chi connectivity index (χ1v) is 15.2. The standard InChI is InChI=1S/C43H27N3/c1-2-9-30(10-3-1)35-13-7-16-39(27-35)43-45-41(33-21-18-32(19-22-33)40-17-8-24-44-29-40)28-42(46-43)38-15-6-14-36(26-38)37-23-20-31-11-4-5-12-34(31)25-37/h2,4-29H. The number of pyridine rings is 1. The van der Waals surface area contributed by atoms with Crippen LogP contribution < -0.4 is 0 Å². The zero-order valence-electron chi connectivity index (χ0n) is 24.9. The molecule has 0 saturated heterocycles. The quantitative estimate of drug-likeness (QED) is 0.195. The van der Waals surface area contributed by atoms with Gasteiger partial charge in [0.1, 0.15) is 0 Å². The number of rotatable bonds is 6. The molecule has 0 fully saturated rings. The normalized spacial score (nSPS) is 10.9. The molecule has 0 bridgehead atoms. The van der Waals surface area contributed by atoms with Crippen LogP contribution in [-0.4, -0.2) is 15.0 Å². The maximum atomic E-state index is 5.15. The van der Waals surface area contributed by atoms with Gasteiger partial charge in [-0.3, -0.25) is 4.98 Å². The van der Waals surface area contributed by atoms with E-state index < -0.39 is 0 Å². The molecule has 8 rings (SSSR count). The van der Waals surface area contributed by atoms with Crippen LogP contribution in [0.1, 0.15) is 0 Å². The van der Waals surface area contributed by atoms with Gasteiger partial charge in [-0.1, -0.05) is 115 Å². The second-order valence-electron chi connectivity index (χ2n) is 11.2. The van der Waals surface area contributed by atoms with Crippen LogP contribution in [0.4, 0.5) is 0 Å². The highest BCUT2D eigenvalue weighted by Gasteiger charge is 2.13. The molecule has 0 unspecified atom stereocenters. The van der Waals surface area contributed by atoms with E-state index in [1.807, 2.05) is 30.5 Å². The van der Waals surface area contributed by atoms with Gasteiger partial charge in [-0.15, -0.1) is 0 Å². The van der Waals surface area contributed by atoms with E-state index >= 15 is 0 Å². The van der Waals surface area contributed by atoms with Gasteiger partial charge in [-0.2, -0.15) is 0 Å². The molecule has 0 N–H and O–H groups in total. The molecule has 8 aromatic rings. The second-order valence-corrected chi connectivity index (χ2v) is 11.2. The van der Waals surface area contributed by atoms with Gasteiger partial charge in [0.05, 0.1) is 11.4 Å². The first-order valence-electron chi connectivity index (χ1n) is 15.2.